The van der Waals surface area contributed by atoms with E-state index in [9.17, 15) is 0 Å². The van der Waals surface area contributed by atoms with Crippen LogP contribution in [-0.4, -0.2) is 10.9 Å². The molecule has 0 spiro atoms. The molecule has 1 saturated carbocycles. The van der Waals surface area contributed by atoms with Crippen molar-refractivity contribution in [1.29, 1.82) is 0 Å². The van der Waals surface area contributed by atoms with Crippen LogP contribution in [0.5, 0.6) is 0 Å². The van der Waals surface area contributed by atoms with Crippen LogP contribution in [0.2, 0.25) is 0 Å². The lowest BCUT2D eigenvalue weighted by Gasteiger charge is -2.13. The van der Waals surface area contributed by atoms with Crippen molar-refractivity contribution in [2.75, 3.05) is 5.88 Å². The van der Waals surface area contributed by atoms with Gasteiger partial charge in [-0.15, -0.1) is 11.6 Å². The smallest absolute Gasteiger partial charge is 0.0471 e. The first-order valence-electron chi connectivity index (χ1n) is 5.02. The lowest BCUT2D eigenvalue weighted by Crippen LogP contribution is -2.11. The van der Waals surface area contributed by atoms with Crippen molar-refractivity contribution in [3.8, 4) is 0 Å². The molecule has 2 unspecified atom stereocenters. The molecule has 1 nitrogen and oxygen atoms in total. The third-order valence-electron chi connectivity index (χ3n) is 4.17. The molecular formula is C12H16ClN. The zero-order chi connectivity index (χ0) is 10.4. The average molecular weight is 210 g/mol. The topological polar surface area (TPSA) is 12.9 Å². The van der Waals surface area contributed by atoms with E-state index in [4.69, 9.17) is 11.6 Å². The summed E-state index contributed by atoms with van der Waals surface area (Å²) in [6.07, 6.45) is 1.86. The van der Waals surface area contributed by atoms with Gasteiger partial charge in [0, 0.05) is 23.2 Å². The molecule has 0 bridgehead atoms. The van der Waals surface area contributed by atoms with Gasteiger partial charge in [0.25, 0.3) is 0 Å². The van der Waals surface area contributed by atoms with Gasteiger partial charge >= 0.3 is 0 Å². The van der Waals surface area contributed by atoms with Crippen LogP contribution in [-0.2, 0) is 5.41 Å². The Bertz CT molecular complexity index is 333. The fourth-order valence-electron chi connectivity index (χ4n) is 2.63. The van der Waals surface area contributed by atoms with Gasteiger partial charge in [0.1, 0.15) is 0 Å². The number of aromatic nitrogens is 1. The second-order valence-electron chi connectivity index (χ2n) is 4.85. The molecule has 0 aliphatic heterocycles. The summed E-state index contributed by atoms with van der Waals surface area (Å²) in [6, 6.07) is 6.11. The van der Waals surface area contributed by atoms with E-state index in [0.717, 1.165) is 5.88 Å². The maximum absolute atomic E-state index is 5.99. The minimum absolute atomic E-state index is 0.163. The molecule has 0 N–H and O–H groups in total. The van der Waals surface area contributed by atoms with Crippen LogP contribution >= 0.6 is 11.6 Å². The van der Waals surface area contributed by atoms with E-state index >= 15 is 0 Å². The predicted octanol–water partition coefficient (Wildman–Crippen LogP) is 3.23. The van der Waals surface area contributed by atoms with Crippen LogP contribution in [0.15, 0.2) is 24.4 Å². The molecule has 2 atom stereocenters. The number of halogens is 1. The van der Waals surface area contributed by atoms with Gasteiger partial charge in [-0.1, -0.05) is 26.8 Å². The number of alkyl halides is 1. The highest BCUT2D eigenvalue weighted by Gasteiger charge is 2.68. The van der Waals surface area contributed by atoms with E-state index in [0.29, 0.717) is 5.92 Å². The molecule has 0 radical (unpaired) electrons. The molecule has 76 valence electrons. The van der Waals surface area contributed by atoms with Crippen molar-refractivity contribution in [1.82, 2.24) is 4.98 Å². The Balaban J connectivity index is 2.37. The number of pyridine rings is 1. The number of nitrogens with zero attached hydrogens (tertiary/aromatic N) is 1. The zero-order valence-corrected chi connectivity index (χ0v) is 9.67. The molecular weight excluding hydrogens is 194 g/mol. The van der Waals surface area contributed by atoms with Gasteiger partial charge < -0.3 is 0 Å². The van der Waals surface area contributed by atoms with E-state index in [1.54, 1.807) is 0 Å². The minimum atomic E-state index is 0.163. The maximum Gasteiger partial charge on any atom is 0.0471 e. The first-order valence-corrected chi connectivity index (χ1v) is 5.56. The fourth-order valence-corrected chi connectivity index (χ4v) is 3.32. The summed E-state index contributed by atoms with van der Waals surface area (Å²) in [5.74, 6) is 1.27. The Morgan fingerprint density at radius 1 is 1.36 bits per heavy atom. The molecule has 0 saturated heterocycles. The van der Waals surface area contributed by atoms with Crippen molar-refractivity contribution in [3.63, 3.8) is 0 Å². The van der Waals surface area contributed by atoms with E-state index < -0.39 is 0 Å². The first-order chi connectivity index (χ1) is 6.55. The summed E-state index contributed by atoms with van der Waals surface area (Å²) >= 11 is 5.99. The third-order valence-corrected chi connectivity index (χ3v) is 4.48. The summed E-state index contributed by atoms with van der Waals surface area (Å²) in [4.78, 5) is 4.45. The molecule has 14 heavy (non-hydrogen) atoms. The number of hydrogen-bond acceptors (Lipinski definition) is 1. The quantitative estimate of drug-likeness (QED) is 0.682. The minimum Gasteiger partial charge on any atom is -0.261 e. The molecule has 1 aromatic rings. The van der Waals surface area contributed by atoms with Crippen molar-refractivity contribution < 1.29 is 0 Å². The third kappa shape index (κ3) is 1.05. The fraction of sp³-hybridized carbons (Fsp3) is 0.583. The van der Waals surface area contributed by atoms with Gasteiger partial charge in [0.2, 0.25) is 0 Å². The predicted molar refractivity (Wildman–Crippen MR) is 59.6 cm³/mol. The van der Waals surface area contributed by atoms with Crippen molar-refractivity contribution in [2.24, 2.45) is 11.3 Å². The van der Waals surface area contributed by atoms with Crippen molar-refractivity contribution in [3.05, 3.63) is 30.1 Å². The highest BCUT2D eigenvalue weighted by Crippen LogP contribution is 2.68. The van der Waals surface area contributed by atoms with Crippen molar-refractivity contribution >= 4 is 11.6 Å². The lowest BCUT2D eigenvalue weighted by atomic mass is 9.94. The summed E-state index contributed by atoms with van der Waals surface area (Å²) < 4.78 is 0. The highest BCUT2D eigenvalue weighted by molar-refractivity contribution is 6.18. The van der Waals surface area contributed by atoms with Crippen LogP contribution in [0.1, 0.15) is 26.5 Å². The molecule has 0 amide bonds. The normalized spacial score (nSPS) is 34.1. The number of hydrogen-bond donors (Lipinski definition) is 0. The average Bonchev–Trinajstić information content (AvgIpc) is 2.63. The molecule has 1 fully saturated rings. The Hall–Kier alpha value is -0.560. The molecule has 1 aliphatic rings. The standard InChI is InChI=1S/C12H16ClN/c1-11(2)9(8-13)12(11,3)10-6-4-5-7-14-10/h4-7,9H,8H2,1-3H3. The van der Waals surface area contributed by atoms with Gasteiger partial charge in [0.05, 0.1) is 0 Å². The van der Waals surface area contributed by atoms with Crippen LogP contribution < -0.4 is 0 Å². The first kappa shape index (κ1) is 9.97. The van der Waals surface area contributed by atoms with Gasteiger partial charge in [-0.3, -0.25) is 4.98 Å². The van der Waals surface area contributed by atoms with Crippen LogP contribution in [0.4, 0.5) is 0 Å². The molecule has 1 aliphatic carbocycles. The van der Waals surface area contributed by atoms with Gasteiger partial charge in [-0.25, -0.2) is 0 Å². The van der Waals surface area contributed by atoms with Crippen LogP contribution in [0.3, 0.4) is 0 Å². The largest absolute Gasteiger partial charge is 0.261 e. The van der Waals surface area contributed by atoms with Gasteiger partial charge in [-0.05, 0) is 23.5 Å². The molecule has 2 rings (SSSR count). The van der Waals surface area contributed by atoms with Gasteiger partial charge in [-0.2, -0.15) is 0 Å². The Morgan fingerprint density at radius 2 is 2.07 bits per heavy atom. The van der Waals surface area contributed by atoms with Crippen LogP contribution in [0.25, 0.3) is 0 Å². The Kier molecular flexibility index (Phi) is 2.11. The van der Waals surface area contributed by atoms with Crippen LogP contribution in [0, 0.1) is 11.3 Å². The van der Waals surface area contributed by atoms with E-state index in [-0.39, 0.29) is 10.8 Å². The zero-order valence-electron chi connectivity index (χ0n) is 8.92. The van der Waals surface area contributed by atoms with E-state index in [1.807, 2.05) is 18.3 Å². The summed E-state index contributed by atoms with van der Waals surface area (Å²) in [5.41, 5.74) is 1.62. The Labute approximate surface area is 90.5 Å². The Morgan fingerprint density at radius 3 is 2.50 bits per heavy atom. The SMILES string of the molecule is CC1(C)C(CCl)C1(C)c1ccccn1. The second kappa shape index (κ2) is 2.96. The summed E-state index contributed by atoms with van der Waals surface area (Å²) in [5, 5.41) is 0. The summed E-state index contributed by atoms with van der Waals surface area (Å²) in [7, 11) is 0. The second-order valence-corrected chi connectivity index (χ2v) is 5.15. The molecule has 2 heteroatoms. The highest BCUT2D eigenvalue weighted by atomic mass is 35.5. The maximum atomic E-state index is 5.99. The molecule has 0 aromatic carbocycles. The van der Waals surface area contributed by atoms with E-state index in [1.165, 1.54) is 5.69 Å². The molecule has 1 aromatic heterocycles. The van der Waals surface area contributed by atoms with Crippen molar-refractivity contribution in [2.45, 2.75) is 26.2 Å². The van der Waals surface area contributed by atoms with Gasteiger partial charge in [0.15, 0.2) is 0 Å². The van der Waals surface area contributed by atoms with E-state index in [2.05, 4.69) is 31.8 Å². The monoisotopic (exact) mass is 209 g/mol. The summed E-state index contributed by atoms with van der Waals surface area (Å²) in [6.45, 7) is 6.81. The molecule has 1 heterocycles. The lowest BCUT2D eigenvalue weighted by molar-refractivity contribution is 0.514. The number of rotatable bonds is 2.